The molecule has 1 heterocycles. The highest BCUT2D eigenvalue weighted by molar-refractivity contribution is 9.10. The van der Waals surface area contributed by atoms with Gasteiger partial charge in [-0.3, -0.25) is 0 Å². The number of hydrogen-bond donors (Lipinski definition) is 2. The summed E-state index contributed by atoms with van der Waals surface area (Å²) in [7, 11) is 0. The van der Waals surface area contributed by atoms with Crippen molar-refractivity contribution >= 4 is 21.9 Å². The molecule has 1 aromatic carbocycles. The van der Waals surface area contributed by atoms with Gasteiger partial charge in [-0.25, -0.2) is 4.79 Å². The molecule has 1 aliphatic carbocycles. The summed E-state index contributed by atoms with van der Waals surface area (Å²) in [4.78, 5) is 13.6. The van der Waals surface area contributed by atoms with Gasteiger partial charge in [-0.05, 0) is 46.2 Å². The third kappa shape index (κ3) is 3.77. The summed E-state index contributed by atoms with van der Waals surface area (Å²) < 4.78 is 0.694. The lowest BCUT2D eigenvalue weighted by Crippen LogP contribution is -2.47. The van der Waals surface area contributed by atoms with E-state index >= 15 is 0 Å². The topological polar surface area (TPSA) is 94.0 Å². The molecule has 3 N–H and O–H groups in total. The van der Waals surface area contributed by atoms with Crippen LogP contribution in [0.25, 0.3) is 11.3 Å². The number of nitrogens with two attached hydrogens (primary N) is 1. The van der Waals surface area contributed by atoms with Crippen molar-refractivity contribution in [3.63, 3.8) is 0 Å². The lowest BCUT2D eigenvalue weighted by Gasteiger charge is -2.32. The summed E-state index contributed by atoms with van der Waals surface area (Å²) in [6.07, 6.45) is 2.57. The van der Waals surface area contributed by atoms with Gasteiger partial charge in [0.25, 0.3) is 0 Å². The van der Waals surface area contributed by atoms with Crippen LogP contribution in [0.15, 0.2) is 28.9 Å². The van der Waals surface area contributed by atoms with Gasteiger partial charge in [-0.15, -0.1) is 5.10 Å². The van der Waals surface area contributed by atoms with Crippen LogP contribution < -0.4 is 5.73 Å². The maximum Gasteiger partial charge on any atom is 0.328 e. The maximum atomic E-state index is 11.8. The lowest BCUT2D eigenvalue weighted by atomic mass is 9.76. The zero-order chi connectivity index (χ0) is 18.4. The average molecular weight is 407 g/mol. The van der Waals surface area contributed by atoms with E-state index < -0.39 is 11.5 Å². The predicted molar refractivity (Wildman–Crippen MR) is 99.0 cm³/mol. The molecule has 1 aromatic heterocycles. The normalized spacial score (nSPS) is 17.3. The van der Waals surface area contributed by atoms with Gasteiger partial charge < -0.3 is 10.8 Å². The first kappa shape index (κ1) is 18.1. The standard InChI is InChI=1S/C18H23BrN4O2/c1-17(2,3)10-18(20,16(24)25)12-6-4-11(5-7-12)14-15(19)22-23(21-14)13-8-9-13/h4-7,13H,8-10,20H2,1-3H3,(H,24,25). The van der Waals surface area contributed by atoms with Gasteiger partial charge in [-0.2, -0.15) is 9.90 Å². The number of aliphatic carboxylic acids is 1. The van der Waals surface area contributed by atoms with E-state index in [2.05, 4.69) is 26.1 Å². The minimum absolute atomic E-state index is 0.207. The molecule has 3 rings (SSSR count). The molecule has 0 saturated heterocycles. The predicted octanol–water partition coefficient (Wildman–Crippen LogP) is 3.72. The van der Waals surface area contributed by atoms with Crippen LogP contribution in [-0.4, -0.2) is 26.1 Å². The fourth-order valence-electron chi connectivity index (χ4n) is 3.01. The molecule has 1 aliphatic rings. The van der Waals surface area contributed by atoms with E-state index in [1.807, 2.05) is 32.9 Å². The number of hydrogen-bond acceptors (Lipinski definition) is 4. The van der Waals surface area contributed by atoms with Gasteiger partial charge in [0.2, 0.25) is 0 Å². The summed E-state index contributed by atoms with van der Waals surface area (Å²) in [6.45, 7) is 5.96. The number of rotatable bonds is 5. The Hall–Kier alpha value is -1.73. The molecular weight excluding hydrogens is 384 g/mol. The Morgan fingerprint density at radius 1 is 1.28 bits per heavy atom. The van der Waals surface area contributed by atoms with Crippen LogP contribution in [0.1, 0.15) is 51.6 Å². The van der Waals surface area contributed by atoms with Crippen LogP contribution in [-0.2, 0) is 10.3 Å². The zero-order valence-electron chi connectivity index (χ0n) is 14.7. The first-order chi connectivity index (χ1) is 11.6. The van der Waals surface area contributed by atoms with Crippen molar-refractivity contribution in [2.45, 2.75) is 51.6 Å². The Balaban J connectivity index is 1.91. The van der Waals surface area contributed by atoms with Crippen LogP contribution in [0, 0.1) is 5.41 Å². The van der Waals surface area contributed by atoms with Crippen molar-refractivity contribution in [3.8, 4) is 11.3 Å². The quantitative estimate of drug-likeness (QED) is 0.788. The second kappa shape index (κ2) is 6.21. The molecular formula is C18H23BrN4O2. The van der Waals surface area contributed by atoms with Crippen molar-refractivity contribution in [2.24, 2.45) is 11.1 Å². The molecule has 2 aromatic rings. The Labute approximate surface area is 155 Å². The van der Waals surface area contributed by atoms with Crippen molar-refractivity contribution in [3.05, 3.63) is 34.4 Å². The molecule has 134 valence electrons. The van der Waals surface area contributed by atoms with Crippen LogP contribution >= 0.6 is 15.9 Å². The van der Waals surface area contributed by atoms with Crippen molar-refractivity contribution in [1.29, 1.82) is 0 Å². The molecule has 6 nitrogen and oxygen atoms in total. The summed E-state index contributed by atoms with van der Waals surface area (Å²) in [5.74, 6) is -1.02. The monoisotopic (exact) mass is 406 g/mol. The van der Waals surface area contributed by atoms with Gasteiger partial charge >= 0.3 is 5.97 Å². The first-order valence-electron chi connectivity index (χ1n) is 8.36. The SMILES string of the molecule is CC(C)(C)CC(N)(C(=O)O)c1ccc(-c2nn(C3CC3)nc2Br)cc1. The lowest BCUT2D eigenvalue weighted by molar-refractivity contribution is -0.145. The molecule has 7 heteroatoms. The van der Waals surface area contributed by atoms with E-state index in [9.17, 15) is 9.90 Å². The third-order valence-corrected chi connectivity index (χ3v) is 4.86. The minimum atomic E-state index is -1.42. The van der Waals surface area contributed by atoms with Gasteiger partial charge in [-0.1, -0.05) is 45.0 Å². The van der Waals surface area contributed by atoms with E-state index in [1.54, 1.807) is 16.9 Å². The molecule has 0 spiro atoms. The van der Waals surface area contributed by atoms with Crippen LogP contribution in [0.2, 0.25) is 0 Å². The van der Waals surface area contributed by atoms with E-state index in [-0.39, 0.29) is 5.41 Å². The largest absolute Gasteiger partial charge is 0.480 e. The summed E-state index contributed by atoms with van der Waals surface area (Å²) in [6, 6.07) is 7.67. The van der Waals surface area contributed by atoms with Crippen molar-refractivity contribution < 1.29 is 9.90 Å². The molecule has 1 atom stereocenters. The molecule has 0 bridgehead atoms. The Bertz CT molecular complexity index is 790. The molecule has 25 heavy (non-hydrogen) atoms. The van der Waals surface area contributed by atoms with E-state index in [1.165, 1.54) is 0 Å². The van der Waals surface area contributed by atoms with E-state index in [4.69, 9.17) is 5.73 Å². The third-order valence-electron chi connectivity index (χ3n) is 4.33. The second-order valence-corrected chi connectivity index (χ2v) is 8.73. The zero-order valence-corrected chi connectivity index (χ0v) is 16.2. The summed E-state index contributed by atoms with van der Waals surface area (Å²) >= 11 is 3.46. The van der Waals surface area contributed by atoms with E-state index in [0.29, 0.717) is 22.6 Å². The molecule has 1 unspecified atom stereocenters. The Morgan fingerprint density at radius 3 is 2.36 bits per heavy atom. The highest BCUT2D eigenvalue weighted by atomic mass is 79.9. The number of carbonyl (C=O) groups is 1. The molecule has 0 aliphatic heterocycles. The smallest absolute Gasteiger partial charge is 0.328 e. The van der Waals surface area contributed by atoms with Crippen molar-refractivity contribution in [1.82, 2.24) is 15.0 Å². The number of nitrogens with zero attached hydrogens (tertiary/aromatic N) is 3. The number of aromatic nitrogens is 3. The summed E-state index contributed by atoms with van der Waals surface area (Å²) in [5, 5.41) is 18.6. The first-order valence-corrected chi connectivity index (χ1v) is 9.15. The van der Waals surface area contributed by atoms with Gasteiger partial charge in [0, 0.05) is 5.56 Å². The molecule has 1 saturated carbocycles. The van der Waals surface area contributed by atoms with E-state index in [0.717, 1.165) is 24.1 Å². The minimum Gasteiger partial charge on any atom is -0.480 e. The maximum absolute atomic E-state index is 11.8. The van der Waals surface area contributed by atoms with Crippen LogP contribution in [0.5, 0.6) is 0 Å². The average Bonchev–Trinajstić information content (AvgIpc) is 3.28. The van der Waals surface area contributed by atoms with Crippen LogP contribution in [0.3, 0.4) is 0 Å². The molecule has 0 radical (unpaired) electrons. The fourth-order valence-corrected chi connectivity index (χ4v) is 3.48. The number of carboxylic acid groups (broad SMARTS) is 1. The highest BCUT2D eigenvalue weighted by Gasteiger charge is 2.39. The van der Waals surface area contributed by atoms with Crippen molar-refractivity contribution in [2.75, 3.05) is 0 Å². The van der Waals surface area contributed by atoms with Gasteiger partial charge in [0.1, 0.15) is 11.2 Å². The molecule has 1 fully saturated rings. The Kier molecular flexibility index (Phi) is 4.49. The fraction of sp³-hybridized carbons (Fsp3) is 0.500. The van der Waals surface area contributed by atoms with Gasteiger partial charge in [0.05, 0.1) is 6.04 Å². The summed E-state index contributed by atoms with van der Waals surface area (Å²) in [5.41, 5.74) is 6.88. The molecule has 0 amide bonds. The van der Waals surface area contributed by atoms with Crippen LogP contribution in [0.4, 0.5) is 0 Å². The highest BCUT2D eigenvalue weighted by Crippen LogP contribution is 2.37. The number of carboxylic acids is 1. The second-order valence-electron chi connectivity index (χ2n) is 7.98. The Morgan fingerprint density at radius 2 is 1.88 bits per heavy atom. The number of benzene rings is 1. The number of halogens is 1. The van der Waals surface area contributed by atoms with Gasteiger partial charge in [0.15, 0.2) is 4.60 Å².